The third-order valence-corrected chi connectivity index (χ3v) is 3.66. The number of aryl methyl sites for hydroxylation is 1. The molecule has 4 heteroatoms. The smallest absolute Gasteiger partial charge is 0.198 e. The number of hydrogen-bond donors (Lipinski definition) is 1. The maximum absolute atomic E-state index is 5.97. The zero-order chi connectivity index (χ0) is 10.8. The average molecular weight is 242 g/mol. The van der Waals surface area contributed by atoms with Gasteiger partial charge in [0, 0.05) is 15.3 Å². The van der Waals surface area contributed by atoms with Crippen LogP contribution in [0.1, 0.15) is 21.4 Å². The van der Waals surface area contributed by atoms with E-state index < -0.39 is 0 Å². The lowest BCUT2D eigenvalue weighted by Gasteiger charge is -2.12. The van der Waals surface area contributed by atoms with Crippen molar-refractivity contribution >= 4 is 22.9 Å². The van der Waals surface area contributed by atoms with Crippen molar-refractivity contribution in [2.75, 3.05) is 7.05 Å². The SMILES string of the molecule is CNC(c1ccc(C)s1)c1ccoc1Cl. The Morgan fingerprint density at radius 3 is 2.67 bits per heavy atom. The maximum atomic E-state index is 5.97. The molecule has 0 radical (unpaired) electrons. The summed E-state index contributed by atoms with van der Waals surface area (Å²) in [5.74, 6) is 0. The van der Waals surface area contributed by atoms with Crippen LogP contribution in [0.2, 0.25) is 5.22 Å². The van der Waals surface area contributed by atoms with Crippen LogP contribution in [0, 0.1) is 6.92 Å². The fourth-order valence-corrected chi connectivity index (χ4v) is 2.80. The van der Waals surface area contributed by atoms with E-state index in [1.807, 2.05) is 13.1 Å². The van der Waals surface area contributed by atoms with Gasteiger partial charge < -0.3 is 9.73 Å². The molecular formula is C11H12ClNOS. The minimum Gasteiger partial charge on any atom is -0.453 e. The second-order valence-corrected chi connectivity index (χ2v) is 4.98. The molecule has 2 rings (SSSR count). The van der Waals surface area contributed by atoms with E-state index in [4.69, 9.17) is 16.0 Å². The van der Waals surface area contributed by atoms with Gasteiger partial charge >= 0.3 is 0 Å². The van der Waals surface area contributed by atoms with Crippen LogP contribution in [0.15, 0.2) is 28.9 Å². The third-order valence-electron chi connectivity index (χ3n) is 2.29. The Morgan fingerprint density at radius 1 is 1.40 bits per heavy atom. The summed E-state index contributed by atoms with van der Waals surface area (Å²) in [5.41, 5.74) is 0.987. The lowest BCUT2D eigenvalue weighted by atomic mass is 10.1. The van der Waals surface area contributed by atoms with E-state index in [2.05, 4.69) is 24.4 Å². The quantitative estimate of drug-likeness (QED) is 0.888. The monoisotopic (exact) mass is 241 g/mol. The van der Waals surface area contributed by atoms with Crippen LogP contribution in [0.3, 0.4) is 0 Å². The Kier molecular flexibility index (Phi) is 3.14. The van der Waals surface area contributed by atoms with Gasteiger partial charge in [0.1, 0.15) is 0 Å². The summed E-state index contributed by atoms with van der Waals surface area (Å²) in [5, 5.41) is 3.70. The van der Waals surface area contributed by atoms with Gasteiger partial charge in [-0.05, 0) is 43.8 Å². The Morgan fingerprint density at radius 2 is 2.20 bits per heavy atom. The summed E-state index contributed by atoms with van der Waals surface area (Å²) in [6.45, 7) is 2.10. The zero-order valence-corrected chi connectivity index (χ0v) is 10.2. The van der Waals surface area contributed by atoms with Crippen LogP contribution < -0.4 is 5.32 Å². The van der Waals surface area contributed by atoms with Crippen molar-refractivity contribution in [1.82, 2.24) is 5.32 Å². The molecule has 0 saturated carbocycles. The zero-order valence-electron chi connectivity index (χ0n) is 8.58. The van der Waals surface area contributed by atoms with Gasteiger partial charge in [-0.2, -0.15) is 0 Å². The van der Waals surface area contributed by atoms with Crippen LogP contribution in [-0.2, 0) is 0 Å². The Bertz CT molecular complexity index is 449. The minimum absolute atomic E-state index is 0.120. The van der Waals surface area contributed by atoms with Crippen molar-refractivity contribution in [2.24, 2.45) is 0 Å². The molecule has 0 amide bonds. The molecule has 0 aromatic carbocycles. The van der Waals surface area contributed by atoms with Gasteiger partial charge in [-0.25, -0.2) is 0 Å². The summed E-state index contributed by atoms with van der Waals surface area (Å²) in [7, 11) is 1.92. The van der Waals surface area contributed by atoms with Crippen LogP contribution in [0.4, 0.5) is 0 Å². The Hall–Kier alpha value is -0.770. The van der Waals surface area contributed by atoms with Crippen LogP contribution in [0.25, 0.3) is 0 Å². The Labute approximate surface area is 97.9 Å². The lowest BCUT2D eigenvalue weighted by molar-refractivity contribution is 0.560. The van der Waals surface area contributed by atoms with E-state index in [0.29, 0.717) is 5.22 Å². The molecule has 2 nitrogen and oxygen atoms in total. The van der Waals surface area contributed by atoms with Crippen molar-refractivity contribution in [3.63, 3.8) is 0 Å². The van der Waals surface area contributed by atoms with E-state index in [9.17, 15) is 0 Å². The van der Waals surface area contributed by atoms with Crippen molar-refractivity contribution in [3.05, 3.63) is 45.0 Å². The van der Waals surface area contributed by atoms with E-state index in [1.54, 1.807) is 17.6 Å². The number of halogens is 1. The van der Waals surface area contributed by atoms with Gasteiger partial charge in [0.2, 0.25) is 0 Å². The molecule has 0 saturated heterocycles. The highest BCUT2D eigenvalue weighted by Gasteiger charge is 2.18. The molecule has 0 aliphatic rings. The summed E-state index contributed by atoms with van der Waals surface area (Å²) >= 11 is 7.73. The Balaban J connectivity index is 2.36. The first-order valence-corrected chi connectivity index (χ1v) is 5.88. The van der Waals surface area contributed by atoms with Crippen LogP contribution in [-0.4, -0.2) is 7.05 Å². The third kappa shape index (κ3) is 2.09. The average Bonchev–Trinajstić information content (AvgIpc) is 2.79. The molecular weight excluding hydrogens is 230 g/mol. The number of hydrogen-bond acceptors (Lipinski definition) is 3. The number of thiophene rings is 1. The molecule has 0 fully saturated rings. The second kappa shape index (κ2) is 4.39. The first-order chi connectivity index (χ1) is 7.22. The molecule has 0 spiro atoms. The molecule has 15 heavy (non-hydrogen) atoms. The molecule has 2 aromatic heterocycles. The van der Waals surface area contributed by atoms with Crippen LogP contribution in [0.5, 0.6) is 0 Å². The molecule has 1 N–H and O–H groups in total. The van der Waals surface area contributed by atoms with Gasteiger partial charge in [-0.15, -0.1) is 11.3 Å². The molecule has 0 aliphatic heterocycles. The molecule has 2 heterocycles. The second-order valence-electron chi connectivity index (χ2n) is 3.32. The molecule has 0 bridgehead atoms. The highest BCUT2D eigenvalue weighted by Crippen LogP contribution is 2.32. The van der Waals surface area contributed by atoms with Crippen LogP contribution >= 0.6 is 22.9 Å². The maximum Gasteiger partial charge on any atom is 0.198 e. The normalized spacial score (nSPS) is 13.0. The molecule has 0 aliphatic carbocycles. The fraction of sp³-hybridized carbons (Fsp3) is 0.273. The summed E-state index contributed by atoms with van der Waals surface area (Å²) in [6.07, 6.45) is 1.61. The van der Waals surface area contributed by atoms with Gasteiger partial charge in [0.05, 0.1) is 12.3 Å². The predicted octanol–water partition coefficient (Wildman–Crippen LogP) is 3.61. The van der Waals surface area contributed by atoms with E-state index >= 15 is 0 Å². The molecule has 80 valence electrons. The van der Waals surface area contributed by atoms with Gasteiger partial charge in [0.15, 0.2) is 5.22 Å². The van der Waals surface area contributed by atoms with Crippen molar-refractivity contribution in [3.8, 4) is 0 Å². The number of rotatable bonds is 3. The van der Waals surface area contributed by atoms with Gasteiger partial charge in [-0.1, -0.05) is 0 Å². The van der Waals surface area contributed by atoms with Crippen molar-refractivity contribution in [2.45, 2.75) is 13.0 Å². The van der Waals surface area contributed by atoms with Crippen molar-refractivity contribution in [1.29, 1.82) is 0 Å². The summed E-state index contributed by atoms with van der Waals surface area (Å²) in [4.78, 5) is 2.54. The topological polar surface area (TPSA) is 25.2 Å². The molecule has 2 aromatic rings. The summed E-state index contributed by atoms with van der Waals surface area (Å²) in [6, 6.07) is 6.25. The molecule has 1 atom stereocenters. The largest absolute Gasteiger partial charge is 0.453 e. The van der Waals surface area contributed by atoms with Gasteiger partial charge in [-0.3, -0.25) is 0 Å². The highest BCUT2D eigenvalue weighted by molar-refractivity contribution is 7.12. The van der Waals surface area contributed by atoms with E-state index in [0.717, 1.165) is 5.56 Å². The predicted molar refractivity (Wildman–Crippen MR) is 63.7 cm³/mol. The first-order valence-electron chi connectivity index (χ1n) is 4.69. The minimum atomic E-state index is 0.120. The van der Waals surface area contributed by atoms with E-state index in [1.165, 1.54) is 9.75 Å². The number of nitrogens with one attached hydrogen (secondary N) is 1. The van der Waals surface area contributed by atoms with E-state index in [-0.39, 0.29) is 6.04 Å². The number of furan rings is 1. The molecule has 1 unspecified atom stereocenters. The summed E-state index contributed by atoms with van der Waals surface area (Å²) < 4.78 is 5.11. The lowest BCUT2D eigenvalue weighted by Crippen LogP contribution is -2.15. The fourth-order valence-electron chi connectivity index (χ4n) is 1.57. The van der Waals surface area contributed by atoms with Gasteiger partial charge in [0.25, 0.3) is 0 Å². The standard InChI is InChI=1S/C11H12ClNOS/c1-7-3-4-9(15-7)10(13-2)8-5-6-14-11(8)12/h3-6,10,13H,1-2H3. The first kappa shape index (κ1) is 10.7. The van der Waals surface area contributed by atoms with Crippen molar-refractivity contribution < 1.29 is 4.42 Å². The highest BCUT2D eigenvalue weighted by atomic mass is 35.5.